The molecule has 0 saturated heterocycles. The molecule has 0 bridgehead atoms. The average Bonchev–Trinajstić information content (AvgIpc) is 3.47. The first kappa shape index (κ1) is 18.7. The summed E-state index contributed by atoms with van der Waals surface area (Å²) < 4.78 is 12.9. The van der Waals surface area contributed by atoms with E-state index in [4.69, 9.17) is 8.83 Å². The number of hydrogen-bond acceptors (Lipinski definition) is 3. The highest BCUT2D eigenvalue weighted by Crippen LogP contribution is 2.42. The van der Waals surface area contributed by atoms with Crippen molar-refractivity contribution in [1.29, 1.82) is 5.26 Å². The fourth-order valence-electron chi connectivity index (χ4n) is 4.98. The Morgan fingerprint density at radius 2 is 1.06 bits per heavy atom. The van der Waals surface area contributed by atoms with Crippen LogP contribution in [0.5, 0.6) is 0 Å². The highest BCUT2D eigenvalue weighted by atomic mass is 16.3. The van der Waals surface area contributed by atoms with Gasteiger partial charge in [-0.05, 0) is 23.8 Å². The van der Waals surface area contributed by atoms with E-state index in [9.17, 15) is 5.26 Å². The van der Waals surface area contributed by atoms with Crippen LogP contribution in [0.2, 0.25) is 0 Å². The molecule has 3 heteroatoms. The minimum Gasteiger partial charge on any atom is -0.455 e. The number of hydrogen-bond donors (Lipinski definition) is 0. The van der Waals surface area contributed by atoms with Crippen LogP contribution in [-0.2, 0) is 0 Å². The Morgan fingerprint density at radius 3 is 1.79 bits per heavy atom. The van der Waals surface area contributed by atoms with Gasteiger partial charge in [-0.2, -0.15) is 5.26 Å². The van der Waals surface area contributed by atoms with Gasteiger partial charge in [-0.25, -0.2) is 0 Å². The van der Waals surface area contributed by atoms with Crippen molar-refractivity contribution in [2.24, 2.45) is 0 Å². The highest BCUT2D eigenvalue weighted by molar-refractivity contribution is 6.16. The van der Waals surface area contributed by atoms with E-state index in [-0.39, 0.29) is 0 Å². The Hall–Kier alpha value is -4.81. The summed E-state index contributed by atoms with van der Waals surface area (Å²) in [6.07, 6.45) is 0. The second-order valence-corrected chi connectivity index (χ2v) is 8.44. The number of benzene rings is 5. The first-order valence-corrected chi connectivity index (χ1v) is 11.2. The molecule has 0 aliphatic heterocycles. The summed E-state index contributed by atoms with van der Waals surface area (Å²) in [6.45, 7) is 0. The molecule has 5 aromatic carbocycles. The Bertz CT molecular complexity index is 1930. The van der Waals surface area contributed by atoms with Gasteiger partial charge in [0.15, 0.2) is 0 Å². The third kappa shape index (κ3) is 2.63. The van der Waals surface area contributed by atoms with Crippen LogP contribution < -0.4 is 0 Å². The molecule has 0 spiro atoms. The fourth-order valence-corrected chi connectivity index (χ4v) is 4.98. The van der Waals surface area contributed by atoms with E-state index in [0.717, 1.165) is 66.1 Å². The third-order valence-electron chi connectivity index (χ3n) is 6.52. The average molecular weight is 435 g/mol. The van der Waals surface area contributed by atoms with Gasteiger partial charge in [-0.1, -0.05) is 84.9 Å². The second kappa shape index (κ2) is 7.10. The molecule has 0 fully saturated rings. The van der Waals surface area contributed by atoms with E-state index in [1.165, 1.54) is 0 Å². The highest BCUT2D eigenvalue weighted by Gasteiger charge is 2.18. The molecule has 2 heterocycles. The molecule has 0 aliphatic carbocycles. The Morgan fingerprint density at radius 1 is 0.500 bits per heavy atom. The molecule has 2 aromatic heterocycles. The lowest BCUT2D eigenvalue weighted by Crippen LogP contribution is -1.80. The maximum absolute atomic E-state index is 9.36. The second-order valence-electron chi connectivity index (χ2n) is 8.44. The van der Waals surface area contributed by atoms with E-state index in [1.54, 1.807) is 0 Å². The van der Waals surface area contributed by atoms with Crippen molar-refractivity contribution in [3.8, 4) is 28.3 Å². The van der Waals surface area contributed by atoms with Crippen LogP contribution in [-0.4, -0.2) is 0 Å². The number of para-hydroxylation sites is 4. The molecule has 3 nitrogen and oxygen atoms in total. The van der Waals surface area contributed by atoms with Crippen LogP contribution in [0.15, 0.2) is 112 Å². The molecule has 0 unspecified atom stereocenters. The molecule has 0 aliphatic rings. The zero-order valence-electron chi connectivity index (χ0n) is 18.1. The van der Waals surface area contributed by atoms with Crippen molar-refractivity contribution in [1.82, 2.24) is 0 Å². The maximum Gasteiger partial charge on any atom is 0.143 e. The maximum atomic E-state index is 9.36. The fraction of sp³-hybridized carbons (Fsp3) is 0. The van der Waals surface area contributed by atoms with Crippen LogP contribution in [0.1, 0.15) is 5.56 Å². The number of furan rings is 2. The zero-order valence-corrected chi connectivity index (χ0v) is 18.1. The zero-order chi connectivity index (χ0) is 22.6. The van der Waals surface area contributed by atoms with Gasteiger partial charge in [0.1, 0.15) is 22.3 Å². The predicted molar refractivity (Wildman–Crippen MR) is 137 cm³/mol. The monoisotopic (exact) mass is 435 g/mol. The van der Waals surface area contributed by atoms with Crippen molar-refractivity contribution in [3.05, 3.63) is 109 Å². The molecular formula is C31H17NO2. The molecule has 7 aromatic rings. The van der Waals surface area contributed by atoms with Gasteiger partial charge >= 0.3 is 0 Å². The molecule has 0 radical (unpaired) electrons. The van der Waals surface area contributed by atoms with E-state index in [1.807, 2.05) is 54.6 Å². The number of rotatable bonds is 2. The SMILES string of the molecule is N#Cc1cccc(-c2cccc3c2oc2c(-c4cccc5c4oc4ccccc45)cccc23)c1. The number of fused-ring (bicyclic) bond motifs is 6. The summed E-state index contributed by atoms with van der Waals surface area (Å²) in [4.78, 5) is 0. The minimum atomic E-state index is 0.628. The van der Waals surface area contributed by atoms with Crippen molar-refractivity contribution >= 4 is 43.9 Å². The molecule has 34 heavy (non-hydrogen) atoms. The first-order chi connectivity index (χ1) is 16.8. The lowest BCUT2D eigenvalue weighted by Gasteiger charge is -2.04. The third-order valence-corrected chi connectivity index (χ3v) is 6.52. The van der Waals surface area contributed by atoms with Crippen LogP contribution >= 0.6 is 0 Å². The Labute approximate surface area is 195 Å². The van der Waals surface area contributed by atoms with Crippen LogP contribution in [0.25, 0.3) is 66.1 Å². The van der Waals surface area contributed by atoms with Crippen LogP contribution in [0.3, 0.4) is 0 Å². The number of nitrogens with zero attached hydrogens (tertiary/aromatic N) is 1. The predicted octanol–water partition coefficient (Wildman–Crippen LogP) is 8.69. The molecule has 158 valence electrons. The van der Waals surface area contributed by atoms with Crippen molar-refractivity contribution in [2.75, 3.05) is 0 Å². The van der Waals surface area contributed by atoms with Crippen molar-refractivity contribution in [3.63, 3.8) is 0 Å². The van der Waals surface area contributed by atoms with Gasteiger partial charge in [0, 0.05) is 38.2 Å². The van der Waals surface area contributed by atoms with Gasteiger partial charge in [0.05, 0.1) is 11.6 Å². The largest absolute Gasteiger partial charge is 0.455 e. The molecule has 7 rings (SSSR count). The molecular weight excluding hydrogens is 418 g/mol. The summed E-state index contributed by atoms with van der Waals surface area (Å²) in [6, 6.07) is 36.7. The molecule has 0 amide bonds. The Kier molecular flexibility index (Phi) is 3.91. The molecule has 0 saturated carbocycles. The normalized spacial score (nSPS) is 11.5. The van der Waals surface area contributed by atoms with Crippen LogP contribution in [0.4, 0.5) is 0 Å². The smallest absolute Gasteiger partial charge is 0.143 e. The lowest BCUT2D eigenvalue weighted by molar-refractivity contribution is 0.665. The van der Waals surface area contributed by atoms with Gasteiger partial charge in [-0.3, -0.25) is 0 Å². The van der Waals surface area contributed by atoms with Gasteiger partial charge in [0.25, 0.3) is 0 Å². The first-order valence-electron chi connectivity index (χ1n) is 11.2. The molecule has 0 N–H and O–H groups in total. The van der Waals surface area contributed by atoms with Gasteiger partial charge in [-0.15, -0.1) is 0 Å². The summed E-state index contributed by atoms with van der Waals surface area (Å²) in [5.74, 6) is 0. The van der Waals surface area contributed by atoms with E-state index < -0.39 is 0 Å². The summed E-state index contributed by atoms with van der Waals surface area (Å²) >= 11 is 0. The van der Waals surface area contributed by atoms with Gasteiger partial charge in [0.2, 0.25) is 0 Å². The topological polar surface area (TPSA) is 50.1 Å². The van der Waals surface area contributed by atoms with Gasteiger partial charge < -0.3 is 8.83 Å². The summed E-state index contributed by atoms with van der Waals surface area (Å²) in [5.41, 5.74) is 7.94. The molecule has 0 atom stereocenters. The van der Waals surface area contributed by atoms with Crippen molar-refractivity contribution in [2.45, 2.75) is 0 Å². The lowest BCUT2D eigenvalue weighted by atomic mass is 9.98. The van der Waals surface area contributed by atoms with E-state index in [2.05, 4.69) is 54.6 Å². The Balaban J connectivity index is 1.53. The minimum absolute atomic E-state index is 0.628. The van der Waals surface area contributed by atoms with E-state index >= 15 is 0 Å². The quantitative estimate of drug-likeness (QED) is 0.273. The van der Waals surface area contributed by atoms with Crippen molar-refractivity contribution < 1.29 is 8.83 Å². The summed E-state index contributed by atoms with van der Waals surface area (Å²) in [5, 5.41) is 13.7. The van der Waals surface area contributed by atoms with E-state index in [0.29, 0.717) is 5.56 Å². The standard InChI is InChI=1S/C31H17NO2/c32-18-19-7-3-8-20(17-19)21-10-4-12-24-26-14-6-15-27(31(26)34-29(21)24)25-13-5-11-23-22-9-1-2-16-28(22)33-30(23)25/h1-17H. The summed E-state index contributed by atoms with van der Waals surface area (Å²) in [7, 11) is 0. The van der Waals surface area contributed by atoms with Crippen LogP contribution in [0, 0.1) is 11.3 Å². The number of nitriles is 1.